The number of piperidine rings is 1. The number of aromatic amines is 2. The van der Waals surface area contributed by atoms with Crippen molar-refractivity contribution in [1.29, 1.82) is 0 Å². The van der Waals surface area contributed by atoms with Gasteiger partial charge in [0.25, 0.3) is 5.56 Å². The SMILES string of the molecule is O=c1cc(C2CCNCC2)[nH]c(=S)[nH]1. The molecule has 0 bridgehead atoms. The van der Waals surface area contributed by atoms with Crippen LogP contribution in [0.4, 0.5) is 0 Å². The number of aromatic nitrogens is 2. The van der Waals surface area contributed by atoms with Crippen LogP contribution in [0.15, 0.2) is 10.9 Å². The van der Waals surface area contributed by atoms with Gasteiger partial charge < -0.3 is 10.3 Å². The van der Waals surface area contributed by atoms with Crippen LogP contribution in [0.5, 0.6) is 0 Å². The highest BCUT2D eigenvalue weighted by Gasteiger charge is 2.15. The Morgan fingerprint density at radius 1 is 1.29 bits per heavy atom. The summed E-state index contributed by atoms with van der Waals surface area (Å²) in [5.41, 5.74) is 0.863. The fourth-order valence-corrected chi connectivity index (χ4v) is 2.06. The summed E-state index contributed by atoms with van der Waals surface area (Å²) in [6, 6.07) is 1.62. The molecule has 76 valence electrons. The van der Waals surface area contributed by atoms with E-state index in [-0.39, 0.29) is 5.56 Å². The zero-order valence-corrected chi connectivity index (χ0v) is 8.62. The van der Waals surface area contributed by atoms with Gasteiger partial charge in [-0.15, -0.1) is 0 Å². The summed E-state index contributed by atoms with van der Waals surface area (Å²) in [4.78, 5) is 16.8. The van der Waals surface area contributed by atoms with Gasteiger partial charge in [0, 0.05) is 17.7 Å². The summed E-state index contributed by atoms with van der Waals surface area (Å²) in [7, 11) is 0. The van der Waals surface area contributed by atoms with Gasteiger partial charge in [-0.3, -0.25) is 9.78 Å². The molecular formula is C9H13N3OS. The molecule has 1 fully saturated rings. The van der Waals surface area contributed by atoms with Crippen LogP contribution in [-0.2, 0) is 0 Å². The first-order chi connectivity index (χ1) is 6.75. The molecule has 1 aromatic rings. The molecule has 0 aromatic carbocycles. The van der Waals surface area contributed by atoms with E-state index in [1.165, 1.54) is 0 Å². The third-order valence-electron chi connectivity index (χ3n) is 2.56. The fraction of sp³-hybridized carbons (Fsp3) is 0.556. The zero-order valence-electron chi connectivity index (χ0n) is 7.80. The van der Waals surface area contributed by atoms with Crippen molar-refractivity contribution in [2.24, 2.45) is 0 Å². The molecule has 1 saturated heterocycles. The Bertz CT molecular complexity index is 388. The minimum absolute atomic E-state index is 0.109. The predicted octanol–water partition coefficient (Wildman–Crippen LogP) is 0.899. The highest BCUT2D eigenvalue weighted by atomic mass is 32.1. The zero-order chi connectivity index (χ0) is 9.97. The summed E-state index contributed by atoms with van der Waals surface area (Å²) < 4.78 is 0.422. The van der Waals surface area contributed by atoms with E-state index < -0.39 is 0 Å². The molecule has 2 rings (SSSR count). The van der Waals surface area contributed by atoms with E-state index in [0.29, 0.717) is 10.7 Å². The van der Waals surface area contributed by atoms with Gasteiger partial charge in [-0.05, 0) is 38.1 Å². The van der Waals surface area contributed by atoms with E-state index in [4.69, 9.17) is 12.2 Å². The largest absolute Gasteiger partial charge is 0.336 e. The van der Waals surface area contributed by atoms with Gasteiger partial charge in [0.05, 0.1) is 0 Å². The van der Waals surface area contributed by atoms with Crippen LogP contribution in [0.25, 0.3) is 0 Å². The van der Waals surface area contributed by atoms with Crippen LogP contribution in [0.1, 0.15) is 24.5 Å². The molecule has 1 aliphatic rings. The second kappa shape index (κ2) is 4.06. The minimum atomic E-state index is -0.109. The number of nitrogens with one attached hydrogen (secondary N) is 3. The molecule has 4 nitrogen and oxygen atoms in total. The average molecular weight is 211 g/mol. The van der Waals surface area contributed by atoms with Crippen LogP contribution < -0.4 is 10.9 Å². The molecule has 0 aliphatic carbocycles. The van der Waals surface area contributed by atoms with E-state index in [1.807, 2.05) is 0 Å². The Morgan fingerprint density at radius 2 is 2.00 bits per heavy atom. The molecule has 1 aliphatic heterocycles. The number of hydrogen-bond donors (Lipinski definition) is 3. The van der Waals surface area contributed by atoms with Crippen molar-refractivity contribution in [2.75, 3.05) is 13.1 Å². The molecule has 3 N–H and O–H groups in total. The molecule has 5 heteroatoms. The monoisotopic (exact) mass is 211 g/mol. The van der Waals surface area contributed by atoms with Crippen LogP contribution in [0, 0.1) is 4.77 Å². The van der Waals surface area contributed by atoms with Gasteiger partial charge in [-0.1, -0.05) is 0 Å². The number of hydrogen-bond acceptors (Lipinski definition) is 3. The molecule has 0 atom stereocenters. The average Bonchev–Trinajstić information content (AvgIpc) is 2.18. The second-order valence-electron chi connectivity index (χ2n) is 3.57. The van der Waals surface area contributed by atoms with Gasteiger partial charge in [-0.2, -0.15) is 0 Å². The van der Waals surface area contributed by atoms with Gasteiger partial charge in [-0.25, -0.2) is 0 Å². The lowest BCUT2D eigenvalue weighted by atomic mass is 9.94. The van der Waals surface area contributed by atoms with Crippen LogP contribution in [0.2, 0.25) is 0 Å². The van der Waals surface area contributed by atoms with Crippen LogP contribution in [-0.4, -0.2) is 23.1 Å². The maximum absolute atomic E-state index is 11.2. The lowest BCUT2D eigenvalue weighted by Crippen LogP contribution is -2.27. The third kappa shape index (κ3) is 2.10. The van der Waals surface area contributed by atoms with Gasteiger partial charge in [0.2, 0.25) is 0 Å². The molecule has 0 amide bonds. The lowest BCUT2D eigenvalue weighted by Gasteiger charge is -2.22. The first-order valence-electron chi connectivity index (χ1n) is 4.80. The summed E-state index contributed by atoms with van der Waals surface area (Å²) in [5.74, 6) is 0.445. The number of rotatable bonds is 1. The lowest BCUT2D eigenvalue weighted by molar-refractivity contribution is 0.452. The van der Waals surface area contributed by atoms with Crippen molar-refractivity contribution in [1.82, 2.24) is 15.3 Å². The van der Waals surface area contributed by atoms with Crippen molar-refractivity contribution in [2.45, 2.75) is 18.8 Å². The fourth-order valence-electron chi connectivity index (χ4n) is 1.84. The highest BCUT2D eigenvalue weighted by Crippen LogP contribution is 2.21. The standard InChI is InChI=1S/C9H13N3OS/c13-8-5-7(11-9(14)12-8)6-1-3-10-4-2-6/h5-6,10H,1-4H2,(H2,11,12,13,14). The summed E-state index contributed by atoms with van der Waals surface area (Å²) in [5, 5.41) is 3.29. The summed E-state index contributed by atoms with van der Waals surface area (Å²) in [6.45, 7) is 2.02. The van der Waals surface area contributed by atoms with Crippen molar-refractivity contribution < 1.29 is 0 Å². The maximum Gasteiger partial charge on any atom is 0.251 e. The second-order valence-corrected chi connectivity index (χ2v) is 3.98. The van der Waals surface area contributed by atoms with Gasteiger partial charge in [0.1, 0.15) is 0 Å². The van der Waals surface area contributed by atoms with Crippen LogP contribution in [0.3, 0.4) is 0 Å². The molecule has 0 radical (unpaired) electrons. The minimum Gasteiger partial charge on any atom is -0.336 e. The first-order valence-corrected chi connectivity index (χ1v) is 5.21. The van der Waals surface area contributed by atoms with Gasteiger partial charge in [0.15, 0.2) is 4.77 Å². The van der Waals surface area contributed by atoms with Crippen LogP contribution >= 0.6 is 12.2 Å². The Kier molecular flexibility index (Phi) is 2.79. The predicted molar refractivity (Wildman–Crippen MR) is 57.1 cm³/mol. The topological polar surface area (TPSA) is 60.7 Å². The maximum atomic E-state index is 11.2. The number of H-pyrrole nitrogens is 2. The molecule has 1 aromatic heterocycles. The Balaban J connectivity index is 2.30. The summed E-state index contributed by atoms with van der Waals surface area (Å²) in [6.07, 6.45) is 2.13. The highest BCUT2D eigenvalue weighted by molar-refractivity contribution is 7.71. The van der Waals surface area contributed by atoms with Crippen molar-refractivity contribution in [3.05, 3.63) is 26.9 Å². The molecule has 0 unspecified atom stereocenters. The van der Waals surface area contributed by atoms with Gasteiger partial charge >= 0.3 is 0 Å². The van der Waals surface area contributed by atoms with E-state index in [1.54, 1.807) is 6.07 Å². The van der Waals surface area contributed by atoms with E-state index in [9.17, 15) is 4.79 Å². The summed E-state index contributed by atoms with van der Waals surface area (Å²) >= 11 is 4.93. The van der Waals surface area contributed by atoms with E-state index in [2.05, 4.69) is 15.3 Å². The van der Waals surface area contributed by atoms with Crippen molar-refractivity contribution in [3.63, 3.8) is 0 Å². The van der Waals surface area contributed by atoms with E-state index in [0.717, 1.165) is 31.6 Å². The normalized spacial score (nSPS) is 18.3. The quantitative estimate of drug-likeness (QED) is 0.605. The molecule has 0 spiro atoms. The Labute approximate surface area is 86.8 Å². The Morgan fingerprint density at radius 3 is 2.64 bits per heavy atom. The molecular weight excluding hydrogens is 198 g/mol. The molecule has 14 heavy (non-hydrogen) atoms. The van der Waals surface area contributed by atoms with Crippen molar-refractivity contribution in [3.8, 4) is 0 Å². The smallest absolute Gasteiger partial charge is 0.251 e. The molecule has 2 heterocycles. The molecule has 0 saturated carbocycles. The first kappa shape index (κ1) is 9.61. The third-order valence-corrected chi connectivity index (χ3v) is 2.76. The Hall–Kier alpha value is -0.940. The van der Waals surface area contributed by atoms with E-state index >= 15 is 0 Å². The van der Waals surface area contributed by atoms with Crippen molar-refractivity contribution >= 4 is 12.2 Å².